The maximum Gasteiger partial charge on any atom is 0.000722 e. The van der Waals surface area contributed by atoms with Crippen molar-refractivity contribution < 1.29 is 0 Å². The minimum Gasteiger partial charge on any atom is -0.0947 e. The smallest absolute Gasteiger partial charge is 0.000722 e. The molecule has 0 nitrogen and oxygen atoms in total. The summed E-state index contributed by atoms with van der Waals surface area (Å²) < 4.78 is 0. The zero-order chi connectivity index (χ0) is 34.9. The molecule has 16 fully saturated rings. The molecule has 0 heterocycles. The molecule has 17 aliphatic carbocycles. The molecule has 0 aromatic heterocycles. The first-order valence-electron chi connectivity index (χ1n) is 24.7. The maximum atomic E-state index is 3.01. The summed E-state index contributed by atoms with van der Waals surface area (Å²) in [6, 6.07) is 0. The van der Waals surface area contributed by atoms with Crippen molar-refractivity contribution in [2.75, 3.05) is 12.3 Å². The predicted octanol–water partition coefficient (Wildman–Crippen LogP) is 13.8. The highest BCUT2D eigenvalue weighted by Crippen LogP contribution is 2.74. The zero-order valence-corrected chi connectivity index (χ0v) is 36.0. The molecule has 16 saturated carbocycles. The van der Waals surface area contributed by atoms with Gasteiger partial charge >= 0.3 is 0 Å². The number of allylic oxidation sites excluding steroid dienone is 4. The average Bonchev–Trinajstić information content (AvgIpc) is 3.49. The molecule has 17 rings (SSSR count). The van der Waals surface area contributed by atoms with Crippen LogP contribution in [0.5, 0.6) is 0 Å². The van der Waals surface area contributed by atoms with Crippen molar-refractivity contribution in [3.05, 3.63) is 23.3 Å². The van der Waals surface area contributed by atoms with Crippen molar-refractivity contribution in [2.45, 2.75) is 172 Å². The standard InChI is InChI=1S/C51H76P2/c1-51(2,3)46-24-44(26-52(47-36-8-28-4-29(10-36)11-37(47)9-28)48-38-12-30-5-31(14-38)15-39(48)13-30)45(25-46)27-53(49-40-16-32-6-33(18-40)19-41(49)17-32)50-42-20-34-7-35(22-42)23-43(50)21-34/h24-25,28-43,46-50H,4-23,26-27H2,1-3H3. The third kappa shape index (κ3) is 5.57. The monoisotopic (exact) mass is 751 g/mol. The topological polar surface area (TPSA) is 0 Å². The molecular weight excluding hydrogens is 675 g/mol. The van der Waals surface area contributed by atoms with Gasteiger partial charge in [0, 0.05) is 5.92 Å². The van der Waals surface area contributed by atoms with Crippen LogP contribution >= 0.6 is 15.8 Å². The van der Waals surface area contributed by atoms with E-state index in [0.717, 1.165) is 117 Å². The van der Waals surface area contributed by atoms with E-state index >= 15 is 0 Å². The van der Waals surface area contributed by atoms with Gasteiger partial charge in [-0.2, -0.15) is 0 Å². The fourth-order valence-corrected chi connectivity index (χ4v) is 29.8. The van der Waals surface area contributed by atoms with Crippen LogP contribution < -0.4 is 0 Å². The van der Waals surface area contributed by atoms with Gasteiger partial charge in [-0.3, -0.25) is 0 Å². The van der Waals surface area contributed by atoms with Gasteiger partial charge in [0.05, 0.1) is 0 Å². The molecule has 17 aliphatic rings. The molecule has 0 saturated heterocycles. The highest BCUT2D eigenvalue weighted by molar-refractivity contribution is 7.60. The van der Waals surface area contributed by atoms with E-state index in [0.29, 0.717) is 11.3 Å². The average molecular weight is 751 g/mol. The van der Waals surface area contributed by atoms with Crippen molar-refractivity contribution in [2.24, 2.45) is 106 Å². The minimum absolute atomic E-state index is 0.0716. The molecule has 0 aromatic carbocycles. The van der Waals surface area contributed by atoms with Crippen LogP contribution in [0.15, 0.2) is 23.3 Å². The molecule has 0 amide bonds. The quantitative estimate of drug-likeness (QED) is 0.217. The molecule has 16 bridgehead atoms. The molecule has 290 valence electrons. The largest absolute Gasteiger partial charge is 0.0947 e. The van der Waals surface area contributed by atoms with Crippen molar-refractivity contribution in [3.8, 4) is 0 Å². The second-order valence-electron chi connectivity index (χ2n) is 25.3. The fourth-order valence-electron chi connectivity index (χ4n) is 20.5. The van der Waals surface area contributed by atoms with Crippen LogP contribution in [0.25, 0.3) is 0 Å². The normalized spacial score (nSPS) is 57.4. The Kier molecular flexibility index (Phi) is 8.03. The Labute approximate surface area is 328 Å². The van der Waals surface area contributed by atoms with Gasteiger partial charge in [0.25, 0.3) is 0 Å². The molecule has 0 aliphatic heterocycles. The Hall–Kier alpha value is 0.340. The van der Waals surface area contributed by atoms with E-state index in [1.54, 1.807) is 141 Å². The molecule has 0 radical (unpaired) electrons. The van der Waals surface area contributed by atoms with Gasteiger partial charge in [-0.1, -0.05) is 48.8 Å². The summed E-state index contributed by atoms with van der Waals surface area (Å²) >= 11 is 0. The Morgan fingerprint density at radius 1 is 0.358 bits per heavy atom. The minimum atomic E-state index is 0.0716. The highest BCUT2D eigenvalue weighted by Gasteiger charge is 2.59. The Balaban J connectivity index is 0.871. The molecule has 0 aromatic rings. The summed E-state index contributed by atoms with van der Waals surface area (Å²) in [7, 11) is 0.143. The van der Waals surface area contributed by atoms with Crippen LogP contribution in [0.4, 0.5) is 0 Å². The van der Waals surface area contributed by atoms with Gasteiger partial charge in [0.15, 0.2) is 0 Å². The Bertz CT molecular complexity index is 1220. The molecule has 0 N–H and O–H groups in total. The van der Waals surface area contributed by atoms with Gasteiger partial charge in [0.2, 0.25) is 0 Å². The Morgan fingerprint density at radius 3 is 0.755 bits per heavy atom. The summed E-state index contributed by atoms with van der Waals surface area (Å²) in [5.41, 5.74) is 8.96. The fraction of sp³-hybridized carbons (Fsp3) is 0.922. The summed E-state index contributed by atoms with van der Waals surface area (Å²) in [4.78, 5) is 0. The first-order chi connectivity index (χ1) is 25.7. The predicted molar refractivity (Wildman–Crippen MR) is 226 cm³/mol. The van der Waals surface area contributed by atoms with Crippen LogP contribution in [0.2, 0.25) is 0 Å². The van der Waals surface area contributed by atoms with Gasteiger partial charge < -0.3 is 0 Å². The second-order valence-corrected chi connectivity index (χ2v) is 30.4. The number of hydrogen-bond donors (Lipinski definition) is 0. The summed E-state index contributed by atoms with van der Waals surface area (Å²) in [6.45, 7) is 7.80. The third-order valence-electron chi connectivity index (χ3n) is 21.1. The molecule has 2 heteroatoms. The maximum absolute atomic E-state index is 3.01. The SMILES string of the molecule is CC(C)(C)C1C=C(CP(C2C3CC4CC(C3)CC2C4)C2C3CC4CC(C3)CC2C4)C(CP(C2C3CC4CC(C3)CC2C4)C2C3CC4CC(C3)CC2C4)=C1. The lowest BCUT2D eigenvalue weighted by atomic mass is 9.55. The summed E-state index contributed by atoms with van der Waals surface area (Å²) in [6.07, 6.45) is 42.1. The van der Waals surface area contributed by atoms with Crippen LogP contribution in [0.3, 0.4) is 0 Å². The van der Waals surface area contributed by atoms with E-state index in [1.165, 1.54) is 0 Å². The molecule has 53 heavy (non-hydrogen) atoms. The molecular formula is C51H76P2. The van der Waals surface area contributed by atoms with E-state index < -0.39 is 0 Å². The molecule has 0 unspecified atom stereocenters. The second kappa shape index (κ2) is 12.4. The van der Waals surface area contributed by atoms with Crippen LogP contribution in [-0.2, 0) is 0 Å². The van der Waals surface area contributed by atoms with Gasteiger partial charge in [-0.05, 0) is 275 Å². The van der Waals surface area contributed by atoms with E-state index in [1.807, 2.05) is 11.1 Å². The molecule has 0 spiro atoms. The Morgan fingerprint density at radius 2 is 0.566 bits per heavy atom. The summed E-state index contributed by atoms with van der Waals surface area (Å²) in [5, 5.41) is 0. The van der Waals surface area contributed by atoms with Crippen molar-refractivity contribution in [1.29, 1.82) is 0 Å². The number of rotatable bonds is 8. The van der Waals surface area contributed by atoms with E-state index in [-0.39, 0.29) is 15.8 Å². The highest BCUT2D eigenvalue weighted by atomic mass is 31.1. The van der Waals surface area contributed by atoms with Crippen molar-refractivity contribution >= 4 is 15.8 Å². The molecule has 0 atom stereocenters. The third-order valence-corrected chi connectivity index (χ3v) is 29.0. The van der Waals surface area contributed by atoms with Gasteiger partial charge in [-0.25, -0.2) is 0 Å². The zero-order valence-electron chi connectivity index (χ0n) is 34.2. The van der Waals surface area contributed by atoms with Gasteiger partial charge in [0.1, 0.15) is 0 Å². The first-order valence-corrected chi connectivity index (χ1v) is 28.0. The van der Waals surface area contributed by atoms with Crippen molar-refractivity contribution in [3.63, 3.8) is 0 Å². The number of hydrogen-bond acceptors (Lipinski definition) is 0. The lowest BCUT2D eigenvalue weighted by Gasteiger charge is -2.63. The van der Waals surface area contributed by atoms with E-state index in [9.17, 15) is 0 Å². The lowest BCUT2D eigenvalue weighted by molar-refractivity contribution is 0.0129. The first kappa shape index (κ1) is 34.2. The van der Waals surface area contributed by atoms with Crippen molar-refractivity contribution in [1.82, 2.24) is 0 Å². The summed E-state index contributed by atoms with van der Waals surface area (Å²) in [5.74, 6) is 18.7. The van der Waals surface area contributed by atoms with Crippen LogP contribution in [0, 0.1) is 106 Å². The van der Waals surface area contributed by atoms with Crippen LogP contribution in [-0.4, -0.2) is 35.0 Å². The van der Waals surface area contributed by atoms with E-state index in [2.05, 4.69) is 32.9 Å². The lowest BCUT2D eigenvalue weighted by Crippen LogP contribution is -2.53. The van der Waals surface area contributed by atoms with Crippen LogP contribution in [0.1, 0.15) is 149 Å². The van der Waals surface area contributed by atoms with E-state index in [4.69, 9.17) is 0 Å². The van der Waals surface area contributed by atoms with Gasteiger partial charge in [-0.15, -0.1) is 0 Å².